The topological polar surface area (TPSA) is 112 Å². The summed E-state index contributed by atoms with van der Waals surface area (Å²) in [7, 11) is 0. The van der Waals surface area contributed by atoms with E-state index < -0.39 is 0 Å². The molecule has 0 unspecified atom stereocenters. The minimum atomic E-state index is 0. The van der Waals surface area contributed by atoms with E-state index >= 15 is 0 Å². The number of allylic oxidation sites excluding steroid dienone is 4. The number of rotatable bonds is 10. The van der Waals surface area contributed by atoms with Gasteiger partial charge in [0.05, 0.1) is 11.4 Å². The van der Waals surface area contributed by atoms with Crippen molar-refractivity contribution >= 4 is 45.5 Å². The van der Waals surface area contributed by atoms with Gasteiger partial charge in [0.25, 0.3) is 0 Å². The van der Waals surface area contributed by atoms with Crippen molar-refractivity contribution in [2.45, 2.75) is 83.1 Å². The first kappa shape index (κ1) is 56.0. The zero-order chi connectivity index (χ0) is 45.6. The van der Waals surface area contributed by atoms with E-state index in [4.69, 9.17) is 20.6 Å². The molecule has 6 aromatic carbocycles. The molecule has 0 aliphatic rings. The van der Waals surface area contributed by atoms with Crippen molar-refractivity contribution in [3.63, 3.8) is 0 Å². The quantitative estimate of drug-likeness (QED) is 0.0774. The standard InChI is InChI=1S/2C21H25N2.2C6H5NO.2Cu/c2*1-14-9-7-10-15(2)20(14)22-18(5)13-19(6)23-21-16(3)11-8-12-17(21)4;2*8-7-6-4-2-1-3-5-6;;/h2*7-13H,1-6H3;2*1-5H;;/q2*-1;;;2*+1/b2*18-13-,23-19?;;;;. The summed E-state index contributed by atoms with van der Waals surface area (Å²) in [6.45, 7) is 24.8. The molecule has 0 fully saturated rings. The molecule has 6 rings (SSSR count). The normalized spacial score (nSPS) is 11.1. The Bertz CT molecular complexity index is 2270. The third-order valence-corrected chi connectivity index (χ3v) is 9.47. The molecule has 8 nitrogen and oxygen atoms in total. The Morgan fingerprint density at radius 1 is 0.375 bits per heavy atom. The number of nitroso groups, excluding NO2 is 2. The van der Waals surface area contributed by atoms with Gasteiger partial charge >= 0.3 is 34.1 Å². The Morgan fingerprint density at radius 2 is 0.625 bits per heavy atom. The molecule has 340 valence electrons. The van der Waals surface area contributed by atoms with Crippen LogP contribution in [0.25, 0.3) is 10.6 Å². The van der Waals surface area contributed by atoms with Crippen LogP contribution in [0.3, 0.4) is 0 Å². The Balaban J connectivity index is 0.000000466. The summed E-state index contributed by atoms with van der Waals surface area (Å²) in [5.74, 6) is 0. The summed E-state index contributed by atoms with van der Waals surface area (Å²) in [5, 5.41) is 15.0. The molecule has 0 radical (unpaired) electrons. The summed E-state index contributed by atoms with van der Waals surface area (Å²) in [6.07, 6.45) is 4.08. The largest absolute Gasteiger partial charge is 1.00 e. The SMILES string of the molecule is CC(/C=C(/C)[N-]c1c(C)cccc1C)=Nc1c(C)cccc1C.CC(/C=C(/C)[N-]c1c(C)cccc1C)=Nc1c(C)cccc1C.O=Nc1ccccc1.O=Nc1ccccc1.[Cu+].[Cu+]. The number of benzene rings is 6. The molecule has 0 aliphatic carbocycles. The molecular formula is C54H60Cu2N6O2. The minimum Gasteiger partial charge on any atom is -0.661 e. The number of para-hydroxylation sites is 4. The first-order valence-corrected chi connectivity index (χ1v) is 20.6. The van der Waals surface area contributed by atoms with Gasteiger partial charge in [-0.25, -0.2) is 0 Å². The monoisotopic (exact) mass is 950 g/mol. The van der Waals surface area contributed by atoms with Crippen molar-refractivity contribution in [2.24, 2.45) is 20.3 Å². The second kappa shape index (κ2) is 29.4. The van der Waals surface area contributed by atoms with Gasteiger partial charge in [-0.2, -0.15) is 11.4 Å². The first-order valence-electron chi connectivity index (χ1n) is 20.6. The number of aliphatic imine (C=N–C) groups is 2. The van der Waals surface area contributed by atoms with Crippen LogP contribution in [0.1, 0.15) is 72.2 Å². The van der Waals surface area contributed by atoms with Crippen molar-refractivity contribution in [1.82, 2.24) is 0 Å². The fraction of sp³-hybridized carbons (Fsp3) is 0.222. The summed E-state index contributed by atoms with van der Waals surface area (Å²) < 4.78 is 0. The summed E-state index contributed by atoms with van der Waals surface area (Å²) in [5.41, 5.74) is 18.6. The molecule has 0 N–H and O–H groups in total. The van der Waals surface area contributed by atoms with E-state index in [1.54, 1.807) is 48.5 Å². The molecule has 0 heterocycles. The number of nitrogens with zero attached hydrogens (tertiary/aromatic N) is 6. The van der Waals surface area contributed by atoms with E-state index in [2.05, 4.69) is 139 Å². The van der Waals surface area contributed by atoms with Gasteiger partial charge in [-0.05, 0) is 126 Å². The Labute approximate surface area is 402 Å². The van der Waals surface area contributed by atoms with Crippen molar-refractivity contribution in [3.05, 3.63) is 222 Å². The fourth-order valence-electron chi connectivity index (χ4n) is 6.34. The zero-order valence-corrected chi connectivity index (χ0v) is 40.8. The van der Waals surface area contributed by atoms with Crippen molar-refractivity contribution in [1.29, 1.82) is 0 Å². The maximum absolute atomic E-state index is 9.76. The van der Waals surface area contributed by atoms with Crippen LogP contribution in [0.5, 0.6) is 0 Å². The Hall–Kier alpha value is -6.02. The smallest absolute Gasteiger partial charge is 0.661 e. The van der Waals surface area contributed by atoms with Crippen LogP contribution in [-0.4, -0.2) is 11.4 Å². The number of aryl methyl sites for hydroxylation is 8. The van der Waals surface area contributed by atoms with E-state index in [0.29, 0.717) is 11.4 Å². The zero-order valence-electron chi connectivity index (χ0n) is 39.0. The van der Waals surface area contributed by atoms with E-state index in [1.807, 2.05) is 52.0 Å². The molecule has 0 amide bonds. The first-order chi connectivity index (χ1) is 29.6. The van der Waals surface area contributed by atoms with Crippen LogP contribution < -0.4 is 0 Å². The van der Waals surface area contributed by atoms with Crippen molar-refractivity contribution in [3.8, 4) is 0 Å². The van der Waals surface area contributed by atoms with Gasteiger partial charge in [-0.1, -0.05) is 157 Å². The molecule has 0 saturated carbocycles. The summed E-state index contributed by atoms with van der Waals surface area (Å²) in [6, 6.07) is 42.4. The van der Waals surface area contributed by atoms with Gasteiger partial charge in [-0.15, -0.1) is 21.2 Å². The van der Waals surface area contributed by atoms with E-state index in [-0.39, 0.29) is 34.1 Å². The van der Waals surface area contributed by atoms with Gasteiger partial charge in [0.2, 0.25) is 0 Å². The van der Waals surface area contributed by atoms with Crippen LogP contribution >= 0.6 is 0 Å². The molecule has 6 aromatic rings. The van der Waals surface area contributed by atoms with Gasteiger partial charge in [0.15, 0.2) is 0 Å². The maximum atomic E-state index is 9.76. The van der Waals surface area contributed by atoms with Crippen LogP contribution in [0.4, 0.5) is 34.1 Å². The van der Waals surface area contributed by atoms with Crippen molar-refractivity contribution in [2.75, 3.05) is 0 Å². The van der Waals surface area contributed by atoms with Gasteiger partial charge < -0.3 is 10.6 Å². The average molecular weight is 952 g/mol. The number of hydrogen-bond donors (Lipinski definition) is 0. The van der Waals surface area contributed by atoms with Gasteiger partial charge in [0, 0.05) is 11.4 Å². The molecule has 0 aromatic heterocycles. The maximum Gasteiger partial charge on any atom is 1.00 e. The van der Waals surface area contributed by atoms with E-state index in [9.17, 15) is 9.81 Å². The van der Waals surface area contributed by atoms with Crippen LogP contribution in [0, 0.1) is 65.2 Å². The van der Waals surface area contributed by atoms with E-state index in [1.165, 1.54) is 44.5 Å². The van der Waals surface area contributed by atoms with Crippen LogP contribution in [0.2, 0.25) is 0 Å². The fourth-order valence-corrected chi connectivity index (χ4v) is 6.34. The molecule has 0 saturated heterocycles. The molecule has 0 bridgehead atoms. The average Bonchev–Trinajstić information content (AvgIpc) is 3.25. The number of hydrogen-bond acceptors (Lipinski definition) is 6. The van der Waals surface area contributed by atoms with Crippen LogP contribution in [-0.2, 0) is 34.1 Å². The molecule has 64 heavy (non-hydrogen) atoms. The van der Waals surface area contributed by atoms with Crippen molar-refractivity contribution < 1.29 is 34.1 Å². The summed E-state index contributed by atoms with van der Waals surface area (Å²) in [4.78, 5) is 29.0. The molecule has 0 spiro atoms. The van der Waals surface area contributed by atoms with Gasteiger partial charge in [-0.3, -0.25) is 9.98 Å². The molecule has 0 aliphatic heterocycles. The second-order valence-electron chi connectivity index (χ2n) is 15.1. The minimum absolute atomic E-state index is 0. The molecule has 0 atom stereocenters. The Kier molecular flexibility index (Phi) is 25.7. The van der Waals surface area contributed by atoms with E-state index in [0.717, 1.165) is 45.6 Å². The predicted molar refractivity (Wildman–Crippen MR) is 267 cm³/mol. The third kappa shape index (κ3) is 19.2. The third-order valence-electron chi connectivity index (χ3n) is 9.47. The molecule has 10 heteroatoms. The predicted octanol–water partition coefficient (Wildman–Crippen LogP) is 17.4. The Morgan fingerprint density at radius 3 is 0.859 bits per heavy atom. The molecular weight excluding hydrogens is 892 g/mol. The second-order valence-corrected chi connectivity index (χ2v) is 15.1. The summed E-state index contributed by atoms with van der Waals surface area (Å²) >= 11 is 0. The van der Waals surface area contributed by atoms with Gasteiger partial charge in [0.1, 0.15) is 11.4 Å². The van der Waals surface area contributed by atoms with Crippen LogP contribution in [0.15, 0.2) is 177 Å².